The highest BCUT2D eigenvalue weighted by atomic mass is 32.1. The van der Waals surface area contributed by atoms with Crippen molar-refractivity contribution in [2.24, 2.45) is 0 Å². The summed E-state index contributed by atoms with van der Waals surface area (Å²) in [6.07, 6.45) is 5.51. The van der Waals surface area contributed by atoms with E-state index in [1.54, 1.807) is 0 Å². The Morgan fingerprint density at radius 1 is 1.15 bits per heavy atom. The fraction of sp³-hybridized carbons (Fsp3) is 0.250. The molecule has 0 spiro atoms. The molecule has 1 aliphatic carbocycles. The fourth-order valence-electron chi connectivity index (χ4n) is 1.64. The van der Waals surface area contributed by atoms with Gasteiger partial charge in [-0.25, -0.2) is 0 Å². The fourth-order valence-corrected chi connectivity index (χ4v) is 1.91. The van der Waals surface area contributed by atoms with E-state index in [1.807, 2.05) is 6.07 Å². The van der Waals surface area contributed by atoms with Gasteiger partial charge in [0.1, 0.15) is 0 Å². The number of rotatable bonds is 2. The zero-order valence-corrected chi connectivity index (χ0v) is 8.31. The summed E-state index contributed by atoms with van der Waals surface area (Å²) in [7, 11) is 0. The third-order valence-corrected chi connectivity index (χ3v) is 2.82. The second kappa shape index (κ2) is 3.84. The predicted molar refractivity (Wildman–Crippen MR) is 60.1 cm³/mol. The van der Waals surface area contributed by atoms with Crippen LogP contribution in [0, 0.1) is 0 Å². The molecule has 0 saturated carbocycles. The van der Waals surface area contributed by atoms with Gasteiger partial charge in [-0.05, 0) is 30.4 Å². The number of hydrogen-bond acceptors (Lipinski definition) is 1. The smallest absolute Gasteiger partial charge is 0.0187 e. The lowest BCUT2D eigenvalue weighted by molar-refractivity contribution is 1.15. The molecule has 0 radical (unpaired) electrons. The first kappa shape index (κ1) is 8.64. The van der Waals surface area contributed by atoms with Gasteiger partial charge in [-0.15, -0.1) is 0 Å². The highest BCUT2D eigenvalue weighted by molar-refractivity contribution is 7.80. The molecule has 0 aliphatic heterocycles. The molecule has 0 nitrogen and oxygen atoms in total. The Bertz CT molecular complexity index is 335. The molecule has 1 aromatic rings. The third kappa shape index (κ3) is 2.04. The van der Waals surface area contributed by atoms with Gasteiger partial charge in [0.05, 0.1) is 0 Å². The third-order valence-electron chi connectivity index (χ3n) is 2.36. The van der Waals surface area contributed by atoms with E-state index < -0.39 is 0 Å². The highest BCUT2D eigenvalue weighted by Crippen LogP contribution is 2.19. The monoisotopic (exact) mass is 188 g/mol. The van der Waals surface area contributed by atoms with Crippen LogP contribution in [0.15, 0.2) is 42.0 Å². The van der Waals surface area contributed by atoms with Crippen LogP contribution in [-0.4, -0.2) is 4.86 Å². The van der Waals surface area contributed by atoms with E-state index in [0.29, 0.717) is 0 Å². The van der Waals surface area contributed by atoms with Gasteiger partial charge in [0.15, 0.2) is 0 Å². The average Bonchev–Trinajstić information content (AvgIpc) is 2.54. The summed E-state index contributed by atoms with van der Waals surface area (Å²) < 4.78 is 0. The molecule has 0 bridgehead atoms. The molecule has 1 aliphatic rings. The summed E-state index contributed by atoms with van der Waals surface area (Å²) in [4.78, 5) is 1.16. The molecular formula is C12H12S. The van der Waals surface area contributed by atoms with E-state index in [0.717, 1.165) is 24.1 Å². The molecule has 0 atom stereocenters. The van der Waals surface area contributed by atoms with Crippen LogP contribution in [0.5, 0.6) is 0 Å². The lowest BCUT2D eigenvalue weighted by Gasteiger charge is -2.02. The maximum absolute atomic E-state index is 5.27. The van der Waals surface area contributed by atoms with Crippen molar-refractivity contribution in [2.75, 3.05) is 0 Å². The van der Waals surface area contributed by atoms with Gasteiger partial charge in [-0.1, -0.05) is 48.6 Å². The molecule has 0 aromatic heterocycles. The van der Waals surface area contributed by atoms with Crippen molar-refractivity contribution in [3.8, 4) is 0 Å². The lowest BCUT2D eigenvalue weighted by atomic mass is 10.1. The standard InChI is InChI=1S/C12H12S/c13-12-8-4-7-11(12)9-10-5-2-1-3-6-10/h1-3,5-7H,4,8-9H2. The first-order valence-corrected chi connectivity index (χ1v) is 5.03. The van der Waals surface area contributed by atoms with Gasteiger partial charge < -0.3 is 0 Å². The van der Waals surface area contributed by atoms with Gasteiger partial charge in [-0.2, -0.15) is 0 Å². The molecule has 0 unspecified atom stereocenters. The van der Waals surface area contributed by atoms with Gasteiger partial charge in [0.2, 0.25) is 0 Å². The van der Waals surface area contributed by atoms with E-state index in [4.69, 9.17) is 12.2 Å². The normalized spacial score (nSPS) is 16.0. The topological polar surface area (TPSA) is 0 Å². The maximum Gasteiger partial charge on any atom is 0.0187 e. The van der Waals surface area contributed by atoms with Crippen molar-refractivity contribution >= 4 is 17.1 Å². The van der Waals surface area contributed by atoms with Crippen molar-refractivity contribution in [2.45, 2.75) is 19.3 Å². The minimum atomic E-state index is 1.01. The van der Waals surface area contributed by atoms with Crippen molar-refractivity contribution in [3.05, 3.63) is 47.5 Å². The van der Waals surface area contributed by atoms with Crippen LogP contribution in [0.3, 0.4) is 0 Å². The minimum Gasteiger partial charge on any atom is -0.0846 e. The Balaban J connectivity index is 2.11. The van der Waals surface area contributed by atoms with Gasteiger partial charge >= 0.3 is 0 Å². The minimum absolute atomic E-state index is 1.01. The van der Waals surface area contributed by atoms with Crippen LogP contribution >= 0.6 is 12.2 Å². The number of allylic oxidation sites excluding steroid dienone is 2. The number of hydrogen-bond donors (Lipinski definition) is 0. The number of benzene rings is 1. The van der Waals surface area contributed by atoms with Gasteiger partial charge in [-0.3, -0.25) is 0 Å². The maximum atomic E-state index is 5.27. The second-order valence-electron chi connectivity index (χ2n) is 3.35. The largest absolute Gasteiger partial charge is 0.0846 e. The van der Waals surface area contributed by atoms with E-state index in [1.165, 1.54) is 11.1 Å². The van der Waals surface area contributed by atoms with Crippen LogP contribution in [0.4, 0.5) is 0 Å². The van der Waals surface area contributed by atoms with E-state index in [-0.39, 0.29) is 0 Å². The van der Waals surface area contributed by atoms with Crippen molar-refractivity contribution < 1.29 is 0 Å². The van der Waals surface area contributed by atoms with E-state index in [9.17, 15) is 0 Å². The van der Waals surface area contributed by atoms with Crippen molar-refractivity contribution in [1.82, 2.24) is 0 Å². The summed E-state index contributed by atoms with van der Waals surface area (Å²) in [5.74, 6) is 0. The molecule has 1 aromatic carbocycles. The summed E-state index contributed by atoms with van der Waals surface area (Å²) in [5, 5.41) is 0. The SMILES string of the molecule is S=C1CCC=C1Cc1ccccc1. The Hall–Kier alpha value is -0.950. The van der Waals surface area contributed by atoms with E-state index >= 15 is 0 Å². The first-order chi connectivity index (χ1) is 6.36. The summed E-state index contributed by atoms with van der Waals surface area (Å²) >= 11 is 5.27. The molecule has 2 rings (SSSR count). The molecule has 0 N–H and O–H groups in total. The zero-order chi connectivity index (χ0) is 9.10. The molecule has 0 amide bonds. The summed E-state index contributed by atoms with van der Waals surface area (Å²) in [6, 6.07) is 10.5. The highest BCUT2D eigenvalue weighted by Gasteiger charge is 2.10. The van der Waals surface area contributed by atoms with Crippen LogP contribution in [0.1, 0.15) is 18.4 Å². The molecule has 0 heterocycles. The van der Waals surface area contributed by atoms with E-state index in [2.05, 4.69) is 30.3 Å². The van der Waals surface area contributed by atoms with Crippen molar-refractivity contribution in [1.29, 1.82) is 0 Å². The van der Waals surface area contributed by atoms with Crippen LogP contribution in [0.25, 0.3) is 0 Å². The predicted octanol–water partition coefficient (Wildman–Crippen LogP) is 3.32. The second-order valence-corrected chi connectivity index (χ2v) is 3.85. The van der Waals surface area contributed by atoms with Gasteiger partial charge in [0, 0.05) is 4.86 Å². The summed E-state index contributed by atoms with van der Waals surface area (Å²) in [5.41, 5.74) is 2.72. The number of thiocarbonyl (C=S) groups is 1. The zero-order valence-electron chi connectivity index (χ0n) is 7.49. The van der Waals surface area contributed by atoms with Crippen LogP contribution in [-0.2, 0) is 6.42 Å². The Morgan fingerprint density at radius 2 is 1.92 bits per heavy atom. The van der Waals surface area contributed by atoms with Crippen molar-refractivity contribution in [3.63, 3.8) is 0 Å². The molecular weight excluding hydrogens is 176 g/mol. The average molecular weight is 188 g/mol. The first-order valence-electron chi connectivity index (χ1n) is 4.62. The molecule has 1 heteroatoms. The Kier molecular flexibility index (Phi) is 2.55. The lowest BCUT2D eigenvalue weighted by Crippen LogP contribution is -1.96. The molecule has 0 fully saturated rings. The molecule has 13 heavy (non-hydrogen) atoms. The summed E-state index contributed by atoms with van der Waals surface area (Å²) in [6.45, 7) is 0. The Labute approximate surface area is 84.3 Å². The quantitative estimate of drug-likeness (QED) is 0.642. The van der Waals surface area contributed by atoms with Crippen LogP contribution in [0.2, 0.25) is 0 Å². The Morgan fingerprint density at radius 3 is 2.54 bits per heavy atom. The van der Waals surface area contributed by atoms with Crippen LogP contribution < -0.4 is 0 Å². The molecule has 0 saturated heterocycles. The molecule has 66 valence electrons. The van der Waals surface area contributed by atoms with Gasteiger partial charge in [0.25, 0.3) is 0 Å².